The van der Waals surface area contributed by atoms with Crippen LogP contribution in [0.15, 0.2) is 97.1 Å². The lowest BCUT2D eigenvalue weighted by atomic mass is 9.97. The van der Waals surface area contributed by atoms with Gasteiger partial charge in [0.1, 0.15) is 40.3 Å². The summed E-state index contributed by atoms with van der Waals surface area (Å²) in [6, 6.07) is 23.1. The van der Waals surface area contributed by atoms with Crippen molar-refractivity contribution in [3.05, 3.63) is 119 Å². The van der Waals surface area contributed by atoms with Crippen LogP contribution in [-0.2, 0) is 46.4 Å². The van der Waals surface area contributed by atoms with E-state index in [1.165, 1.54) is 62.3 Å². The maximum absolute atomic E-state index is 14.1. The van der Waals surface area contributed by atoms with E-state index in [1.54, 1.807) is 60.7 Å². The van der Waals surface area contributed by atoms with E-state index >= 15 is 0 Å². The fraction of sp³-hybridized carbons (Fsp3) is 0.367. The van der Waals surface area contributed by atoms with E-state index in [0.29, 0.717) is 22.3 Å². The molecule has 66 heavy (non-hydrogen) atoms. The van der Waals surface area contributed by atoms with Gasteiger partial charge in [0.2, 0.25) is 35.4 Å². The van der Waals surface area contributed by atoms with Crippen LogP contribution in [0.4, 0.5) is 4.79 Å². The minimum Gasteiger partial charge on any atom is -0.343 e. The number of nitrogens with one attached hydrogen (secondary N) is 8. The highest BCUT2D eigenvalue weighted by Crippen LogP contribution is 2.19. The SMILES string of the molecule is CC1NC(=O)C(C)(C)NC(=O)C(Cc2ccc3ccccc3c2)NC(=O)C(C)(C)NC(=O)NC(=O)C(C)(C)NC(=O)C(Cc2ccc(C(=O)c3ccccc3)cc2)NC(=O)C(C)(C)NC1=O. The molecule has 0 radical (unpaired) electrons. The van der Waals surface area contributed by atoms with E-state index in [2.05, 4.69) is 42.5 Å². The summed E-state index contributed by atoms with van der Waals surface area (Å²) in [7, 11) is 0. The highest BCUT2D eigenvalue weighted by Gasteiger charge is 2.41. The van der Waals surface area contributed by atoms with Gasteiger partial charge in [0.15, 0.2) is 5.78 Å². The third-order valence-electron chi connectivity index (χ3n) is 11.2. The Morgan fingerprint density at radius 1 is 0.455 bits per heavy atom. The van der Waals surface area contributed by atoms with Gasteiger partial charge in [-0.1, -0.05) is 97.1 Å². The molecule has 348 valence electrons. The molecular formula is C49H58N8O9. The molecule has 5 rings (SSSR count). The van der Waals surface area contributed by atoms with Crippen molar-refractivity contribution in [2.45, 2.75) is 115 Å². The monoisotopic (exact) mass is 902 g/mol. The summed E-state index contributed by atoms with van der Waals surface area (Å²) < 4.78 is 0. The van der Waals surface area contributed by atoms with Crippen LogP contribution in [0.25, 0.3) is 10.8 Å². The zero-order valence-electron chi connectivity index (χ0n) is 38.6. The number of carbonyl (C=O) groups excluding carboxylic acids is 9. The summed E-state index contributed by atoms with van der Waals surface area (Å²) >= 11 is 0. The van der Waals surface area contributed by atoms with E-state index in [0.717, 1.165) is 10.8 Å². The van der Waals surface area contributed by atoms with Gasteiger partial charge in [-0.05, 0) is 84.2 Å². The standard InChI is InChI=1S/C49H58N8O9/c1-28-38(59)54-47(4,5)42(63)51-35(26-29-19-23-33(24-20-29)37(58)32-16-11-10-12-17-32)39(60)56-48(6,7)44(65)53-45(66)57-49(8,9)43(64)52-36(40(61)55-46(2,3)41(62)50-28)27-30-21-22-31-15-13-14-18-34(31)25-30/h10-25,28,35-36H,26-27H2,1-9H3,(H,50,62)(H,51,63)(H,52,64)(H,54,59)(H,55,61)(H,56,60)(H2,53,57,65,66). The van der Waals surface area contributed by atoms with Crippen molar-refractivity contribution >= 4 is 63.9 Å². The maximum Gasteiger partial charge on any atom is 0.322 e. The Bertz CT molecular complexity index is 2550. The van der Waals surface area contributed by atoms with Gasteiger partial charge in [0.25, 0.3) is 5.91 Å². The molecule has 4 aromatic carbocycles. The molecule has 8 N–H and O–H groups in total. The number of hydrogen-bond acceptors (Lipinski definition) is 9. The lowest BCUT2D eigenvalue weighted by Crippen LogP contribution is -2.65. The van der Waals surface area contributed by atoms with Crippen LogP contribution in [-0.4, -0.2) is 93.4 Å². The number of carbonyl (C=O) groups is 9. The highest BCUT2D eigenvalue weighted by atomic mass is 16.2. The van der Waals surface area contributed by atoms with Crippen LogP contribution in [0, 0.1) is 0 Å². The normalized spacial score (nSPS) is 21.9. The number of urea groups is 1. The van der Waals surface area contributed by atoms with Crippen molar-refractivity contribution in [2.75, 3.05) is 0 Å². The second-order valence-corrected chi connectivity index (χ2v) is 18.6. The van der Waals surface area contributed by atoms with Gasteiger partial charge in [0, 0.05) is 24.0 Å². The van der Waals surface area contributed by atoms with E-state index in [-0.39, 0.29) is 18.6 Å². The molecule has 17 nitrogen and oxygen atoms in total. The number of hydrogen-bond donors (Lipinski definition) is 8. The molecule has 0 aromatic heterocycles. The number of ketones is 1. The van der Waals surface area contributed by atoms with Crippen molar-refractivity contribution in [1.82, 2.24) is 42.5 Å². The Labute approximate surface area is 383 Å². The summed E-state index contributed by atoms with van der Waals surface area (Å²) in [4.78, 5) is 123. The second kappa shape index (κ2) is 19.8. The van der Waals surface area contributed by atoms with E-state index < -0.39 is 87.7 Å². The smallest absolute Gasteiger partial charge is 0.322 e. The number of rotatable bonds is 6. The summed E-state index contributed by atoms with van der Waals surface area (Å²) in [6.07, 6.45) is -0.178. The van der Waals surface area contributed by atoms with Crippen LogP contribution in [0.3, 0.4) is 0 Å². The average Bonchev–Trinajstić information content (AvgIpc) is 3.24. The van der Waals surface area contributed by atoms with Crippen LogP contribution in [0.2, 0.25) is 0 Å². The maximum atomic E-state index is 14.1. The third kappa shape index (κ3) is 12.4. The number of amides is 9. The van der Waals surface area contributed by atoms with E-state index in [4.69, 9.17) is 0 Å². The minimum absolute atomic E-state index is 0.0368. The summed E-state index contributed by atoms with van der Waals surface area (Å²) in [5, 5.41) is 22.2. The van der Waals surface area contributed by atoms with Crippen molar-refractivity contribution in [1.29, 1.82) is 0 Å². The van der Waals surface area contributed by atoms with E-state index in [1.807, 2.05) is 36.4 Å². The number of fused-ring (bicyclic) bond motifs is 1. The predicted molar refractivity (Wildman–Crippen MR) is 247 cm³/mol. The number of benzene rings is 4. The Balaban J connectivity index is 1.44. The molecule has 0 aliphatic carbocycles. The Morgan fingerprint density at radius 3 is 1.44 bits per heavy atom. The molecule has 0 spiro atoms. The fourth-order valence-corrected chi connectivity index (χ4v) is 6.93. The molecule has 1 fully saturated rings. The van der Waals surface area contributed by atoms with Crippen LogP contribution in [0.5, 0.6) is 0 Å². The first-order valence-corrected chi connectivity index (χ1v) is 21.5. The quantitative estimate of drug-likeness (QED) is 0.132. The molecule has 1 saturated heterocycles. The highest BCUT2D eigenvalue weighted by molar-refractivity contribution is 6.09. The van der Waals surface area contributed by atoms with Crippen molar-refractivity contribution < 1.29 is 43.2 Å². The molecule has 3 unspecified atom stereocenters. The van der Waals surface area contributed by atoms with Gasteiger partial charge in [-0.15, -0.1) is 0 Å². The lowest BCUT2D eigenvalue weighted by molar-refractivity contribution is -0.138. The average molecular weight is 903 g/mol. The molecule has 0 saturated carbocycles. The lowest BCUT2D eigenvalue weighted by Gasteiger charge is -2.32. The molecule has 3 atom stereocenters. The Morgan fingerprint density at radius 2 is 0.879 bits per heavy atom. The van der Waals surface area contributed by atoms with Gasteiger partial charge in [0.05, 0.1) is 0 Å². The topological polar surface area (TPSA) is 250 Å². The summed E-state index contributed by atoms with van der Waals surface area (Å²) in [6.45, 7) is 12.3. The Kier molecular flexibility index (Phi) is 14.8. The number of imide groups is 1. The first-order valence-electron chi connectivity index (χ1n) is 21.5. The minimum atomic E-state index is -1.79. The van der Waals surface area contributed by atoms with Crippen molar-refractivity contribution in [3.8, 4) is 0 Å². The summed E-state index contributed by atoms with van der Waals surface area (Å²) in [5.41, 5.74) is -4.84. The van der Waals surface area contributed by atoms with Gasteiger partial charge >= 0.3 is 6.03 Å². The molecule has 4 aromatic rings. The summed E-state index contributed by atoms with van der Waals surface area (Å²) in [5.74, 6) is -5.98. The van der Waals surface area contributed by atoms with Gasteiger partial charge < -0.3 is 37.2 Å². The van der Waals surface area contributed by atoms with Gasteiger partial charge in [-0.2, -0.15) is 0 Å². The molecule has 1 aliphatic rings. The predicted octanol–water partition coefficient (Wildman–Crippen LogP) is 2.63. The van der Waals surface area contributed by atoms with Crippen molar-refractivity contribution in [3.63, 3.8) is 0 Å². The second-order valence-electron chi connectivity index (χ2n) is 18.6. The largest absolute Gasteiger partial charge is 0.343 e. The fourth-order valence-electron chi connectivity index (χ4n) is 6.93. The Hall–Kier alpha value is -7.43. The zero-order valence-corrected chi connectivity index (χ0v) is 38.6. The molecule has 9 amide bonds. The first kappa shape index (κ1) is 49.6. The van der Waals surface area contributed by atoms with E-state index in [9.17, 15) is 43.2 Å². The molecular weight excluding hydrogens is 845 g/mol. The molecule has 17 heteroatoms. The van der Waals surface area contributed by atoms with Gasteiger partial charge in [-0.3, -0.25) is 43.7 Å². The molecule has 1 aliphatic heterocycles. The molecule has 0 bridgehead atoms. The van der Waals surface area contributed by atoms with Crippen LogP contribution < -0.4 is 42.5 Å². The van der Waals surface area contributed by atoms with Crippen LogP contribution >= 0.6 is 0 Å². The molecule has 1 heterocycles. The first-order chi connectivity index (χ1) is 30.8. The third-order valence-corrected chi connectivity index (χ3v) is 11.2. The zero-order chi connectivity index (χ0) is 48.8. The van der Waals surface area contributed by atoms with Gasteiger partial charge in [-0.25, -0.2) is 4.79 Å². The van der Waals surface area contributed by atoms with Crippen molar-refractivity contribution in [2.24, 2.45) is 0 Å². The van der Waals surface area contributed by atoms with Crippen LogP contribution in [0.1, 0.15) is 89.4 Å².